The molecule has 2 aromatic carbocycles. The van der Waals surface area contributed by atoms with Crippen LogP contribution in [0.3, 0.4) is 0 Å². The minimum atomic E-state index is -0.0865. The first kappa shape index (κ1) is 20.7. The molecule has 0 radical (unpaired) electrons. The topological polar surface area (TPSA) is 32.8 Å². The predicted molar refractivity (Wildman–Crippen MR) is 114 cm³/mol. The zero-order chi connectivity index (χ0) is 20.3. The van der Waals surface area contributed by atoms with E-state index in [9.17, 15) is 4.79 Å². The van der Waals surface area contributed by atoms with Gasteiger partial charge in [0.15, 0.2) is 0 Å². The van der Waals surface area contributed by atoms with Crippen molar-refractivity contribution in [2.75, 3.05) is 20.7 Å². The van der Waals surface area contributed by atoms with Gasteiger partial charge in [-0.25, -0.2) is 0 Å². The molecular weight excluding hydrogens is 372 g/mol. The highest BCUT2D eigenvalue weighted by Gasteiger charge is 2.44. The van der Waals surface area contributed by atoms with E-state index in [0.29, 0.717) is 17.5 Å². The molecule has 1 heterocycles. The standard InChI is InChI=1S/C23H29ClN2O2/c1-16(2)15-21-23(27)26(14-13-17-5-11-20(28-4)12-6-17)22(25(21)3)18-7-9-19(24)10-8-18/h5-12,16,21-22H,13-15H2,1-4H3/t21-,22+/m0/s1. The Balaban J connectivity index is 1.82. The number of nitrogens with zero attached hydrogens (tertiary/aromatic N) is 2. The van der Waals surface area contributed by atoms with E-state index in [1.807, 2.05) is 41.3 Å². The number of carbonyl (C=O) groups excluding carboxylic acids is 1. The fourth-order valence-corrected chi connectivity index (χ4v) is 4.04. The van der Waals surface area contributed by atoms with E-state index in [1.165, 1.54) is 5.56 Å². The molecule has 2 atom stereocenters. The number of hydrogen-bond donors (Lipinski definition) is 0. The van der Waals surface area contributed by atoms with Crippen LogP contribution in [-0.2, 0) is 11.2 Å². The van der Waals surface area contributed by atoms with Gasteiger partial charge in [-0.1, -0.05) is 49.7 Å². The van der Waals surface area contributed by atoms with Gasteiger partial charge in [-0.2, -0.15) is 0 Å². The highest BCUT2D eigenvalue weighted by molar-refractivity contribution is 6.30. The van der Waals surface area contributed by atoms with Gasteiger partial charge in [-0.15, -0.1) is 0 Å². The highest BCUT2D eigenvalue weighted by atomic mass is 35.5. The van der Waals surface area contributed by atoms with Crippen LogP contribution in [0.15, 0.2) is 48.5 Å². The molecule has 0 aromatic heterocycles. The molecule has 4 nitrogen and oxygen atoms in total. The van der Waals surface area contributed by atoms with Crippen molar-refractivity contribution in [1.29, 1.82) is 0 Å². The Bertz CT molecular complexity index is 789. The van der Waals surface area contributed by atoms with Crippen LogP contribution < -0.4 is 4.74 Å². The zero-order valence-electron chi connectivity index (χ0n) is 17.1. The van der Waals surface area contributed by atoms with E-state index >= 15 is 0 Å². The molecule has 3 rings (SSSR count). The van der Waals surface area contributed by atoms with Crippen molar-refractivity contribution in [2.24, 2.45) is 5.92 Å². The second-order valence-electron chi connectivity index (χ2n) is 7.87. The van der Waals surface area contributed by atoms with Crippen molar-refractivity contribution in [3.63, 3.8) is 0 Å². The molecule has 1 saturated heterocycles. The largest absolute Gasteiger partial charge is 0.497 e. The summed E-state index contributed by atoms with van der Waals surface area (Å²) in [5.74, 6) is 1.52. The fraction of sp³-hybridized carbons (Fsp3) is 0.435. The van der Waals surface area contributed by atoms with Crippen molar-refractivity contribution < 1.29 is 9.53 Å². The second kappa shape index (κ2) is 8.97. The molecule has 1 aliphatic rings. The van der Waals surface area contributed by atoms with Crippen molar-refractivity contribution in [1.82, 2.24) is 9.80 Å². The molecule has 0 bridgehead atoms. The Hall–Kier alpha value is -2.04. The fourth-order valence-electron chi connectivity index (χ4n) is 3.91. The zero-order valence-corrected chi connectivity index (χ0v) is 17.8. The van der Waals surface area contributed by atoms with Crippen LogP contribution in [0.5, 0.6) is 5.75 Å². The average molecular weight is 401 g/mol. The van der Waals surface area contributed by atoms with E-state index in [4.69, 9.17) is 16.3 Å². The number of amides is 1. The molecule has 0 aliphatic carbocycles. The van der Waals surface area contributed by atoms with Gasteiger partial charge in [-0.3, -0.25) is 9.69 Å². The van der Waals surface area contributed by atoms with E-state index in [0.717, 1.165) is 24.2 Å². The monoisotopic (exact) mass is 400 g/mol. The van der Waals surface area contributed by atoms with E-state index in [2.05, 4.69) is 37.9 Å². The van der Waals surface area contributed by atoms with Gasteiger partial charge in [0.05, 0.1) is 13.2 Å². The lowest BCUT2D eigenvalue weighted by Crippen LogP contribution is -2.33. The molecule has 150 valence electrons. The van der Waals surface area contributed by atoms with Crippen molar-refractivity contribution in [3.05, 3.63) is 64.7 Å². The maximum atomic E-state index is 13.3. The first-order valence-corrected chi connectivity index (χ1v) is 10.2. The molecule has 0 unspecified atom stereocenters. The minimum Gasteiger partial charge on any atom is -0.497 e. The predicted octanol–water partition coefficient (Wildman–Crippen LogP) is 4.78. The third-order valence-corrected chi connectivity index (χ3v) is 5.66. The maximum absolute atomic E-state index is 13.3. The smallest absolute Gasteiger partial charge is 0.241 e. The molecule has 0 spiro atoms. The van der Waals surface area contributed by atoms with Gasteiger partial charge >= 0.3 is 0 Å². The maximum Gasteiger partial charge on any atom is 0.241 e. The first-order chi connectivity index (χ1) is 13.4. The van der Waals surface area contributed by atoms with Gasteiger partial charge < -0.3 is 9.64 Å². The van der Waals surface area contributed by atoms with E-state index < -0.39 is 0 Å². The lowest BCUT2D eigenvalue weighted by atomic mass is 10.0. The average Bonchev–Trinajstić information content (AvgIpc) is 2.91. The molecule has 1 amide bonds. The first-order valence-electron chi connectivity index (χ1n) is 9.81. The van der Waals surface area contributed by atoms with E-state index in [1.54, 1.807) is 7.11 Å². The van der Waals surface area contributed by atoms with Gasteiger partial charge in [-0.05, 0) is 61.2 Å². The number of halogens is 1. The Morgan fingerprint density at radius 3 is 2.29 bits per heavy atom. The summed E-state index contributed by atoms with van der Waals surface area (Å²) in [4.78, 5) is 17.5. The molecule has 1 aliphatic heterocycles. The third-order valence-electron chi connectivity index (χ3n) is 5.40. The van der Waals surface area contributed by atoms with Crippen LogP contribution >= 0.6 is 11.6 Å². The molecular formula is C23H29ClN2O2. The van der Waals surface area contributed by atoms with Gasteiger partial charge in [0.25, 0.3) is 0 Å². The second-order valence-corrected chi connectivity index (χ2v) is 8.30. The summed E-state index contributed by atoms with van der Waals surface area (Å²) in [6, 6.07) is 15.8. The SMILES string of the molecule is COc1ccc(CCN2C(=O)[C@H](CC(C)C)N(C)[C@H]2c2ccc(Cl)cc2)cc1. The van der Waals surface area contributed by atoms with Crippen LogP contribution in [0.25, 0.3) is 0 Å². The number of benzene rings is 2. The van der Waals surface area contributed by atoms with Gasteiger partial charge in [0, 0.05) is 11.6 Å². The summed E-state index contributed by atoms with van der Waals surface area (Å²) >= 11 is 6.08. The molecule has 28 heavy (non-hydrogen) atoms. The summed E-state index contributed by atoms with van der Waals surface area (Å²) < 4.78 is 5.23. The van der Waals surface area contributed by atoms with Crippen LogP contribution in [0.2, 0.25) is 5.02 Å². The lowest BCUT2D eigenvalue weighted by Gasteiger charge is -2.29. The number of methoxy groups -OCH3 is 1. The van der Waals surface area contributed by atoms with E-state index in [-0.39, 0.29) is 18.1 Å². The summed E-state index contributed by atoms with van der Waals surface area (Å²) in [5.41, 5.74) is 2.29. The quantitative estimate of drug-likeness (QED) is 0.670. The summed E-state index contributed by atoms with van der Waals surface area (Å²) in [6.45, 7) is 5.01. The number of likely N-dealkylation sites (N-methyl/N-ethyl adjacent to an activating group) is 1. The van der Waals surface area contributed by atoms with Gasteiger partial charge in [0.1, 0.15) is 11.9 Å². The van der Waals surface area contributed by atoms with Gasteiger partial charge in [0.2, 0.25) is 5.91 Å². The molecule has 1 fully saturated rings. The molecule has 0 saturated carbocycles. The number of hydrogen-bond acceptors (Lipinski definition) is 3. The van der Waals surface area contributed by atoms with Crippen LogP contribution in [0, 0.1) is 5.92 Å². The molecule has 0 N–H and O–H groups in total. The van der Waals surface area contributed by atoms with Crippen LogP contribution in [-0.4, -0.2) is 42.5 Å². The normalized spacial score (nSPS) is 20.2. The molecule has 2 aromatic rings. The lowest BCUT2D eigenvalue weighted by molar-refractivity contribution is -0.130. The minimum absolute atomic E-state index is 0.0632. The summed E-state index contributed by atoms with van der Waals surface area (Å²) in [7, 11) is 3.72. The van der Waals surface area contributed by atoms with Crippen molar-refractivity contribution in [2.45, 2.75) is 38.9 Å². The number of rotatable bonds is 7. The van der Waals surface area contributed by atoms with Crippen molar-refractivity contribution in [3.8, 4) is 5.75 Å². The third kappa shape index (κ3) is 4.50. The summed E-state index contributed by atoms with van der Waals surface area (Å²) in [5, 5.41) is 0.708. The van der Waals surface area contributed by atoms with Crippen molar-refractivity contribution >= 4 is 17.5 Å². The molecule has 5 heteroatoms. The Kier molecular flexibility index (Phi) is 6.63. The number of carbonyl (C=O) groups is 1. The van der Waals surface area contributed by atoms with Crippen LogP contribution in [0.1, 0.15) is 37.6 Å². The van der Waals surface area contributed by atoms with Crippen LogP contribution in [0.4, 0.5) is 0 Å². The highest BCUT2D eigenvalue weighted by Crippen LogP contribution is 2.36. The Morgan fingerprint density at radius 1 is 1.07 bits per heavy atom. The summed E-state index contributed by atoms with van der Waals surface area (Å²) in [6.07, 6.45) is 1.60. The Morgan fingerprint density at radius 2 is 1.71 bits per heavy atom. The number of ether oxygens (including phenoxy) is 1. The Labute approximate surface area is 173 Å².